The fourth-order valence-electron chi connectivity index (χ4n) is 4.60. The van der Waals surface area contributed by atoms with Crippen molar-refractivity contribution in [1.29, 1.82) is 0 Å². The first kappa shape index (κ1) is 20.7. The van der Waals surface area contributed by atoms with Crippen LogP contribution in [0.4, 0.5) is 0 Å². The van der Waals surface area contributed by atoms with E-state index in [1.54, 1.807) is 0 Å². The molecular weight excluding hydrogens is 392 g/mol. The summed E-state index contributed by atoms with van der Waals surface area (Å²) in [5.74, 6) is 0.910. The molecule has 1 N–H and O–H groups in total. The highest BCUT2D eigenvalue weighted by Gasteiger charge is 2.23. The number of hydrogen-bond donors (Lipinski definition) is 1. The molecule has 1 aliphatic rings. The monoisotopic (exact) mass is 422 g/mol. The second-order valence-electron chi connectivity index (χ2n) is 8.49. The second kappa shape index (κ2) is 9.99. The fraction of sp³-hybridized carbons (Fsp3) is 0.241. The summed E-state index contributed by atoms with van der Waals surface area (Å²) in [7, 11) is 0. The molecule has 3 heteroatoms. The van der Waals surface area contributed by atoms with E-state index in [1.165, 1.54) is 33.9 Å². The van der Waals surface area contributed by atoms with Gasteiger partial charge in [0.2, 0.25) is 0 Å². The molecule has 1 saturated heterocycles. The van der Waals surface area contributed by atoms with Crippen LogP contribution in [-0.2, 0) is 6.61 Å². The van der Waals surface area contributed by atoms with Crippen molar-refractivity contribution in [1.82, 2.24) is 10.2 Å². The molecule has 1 fully saturated rings. The third-order valence-electron chi connectivity index (χ3n) is 6.27. The Morgan fingerprint density at radius 1 is 0.719 bits per heavy atom. The Bertz CT molecular complexity index is 1130. The number of hydrogen-bond acceptors (Lipinski definition) is 3. The van der Waals surface area contributed by atoms with Crippen LogP contribution in [0.15, 0.2) is 97.1 Å². The Balaban J connectivity index is 1.42. The van der Waals surface area contributed by atoms with Crippen LogP contribution in [0.5, 0.6) is 5.75 Å². The molecule has 0 aliphatic carbocycles. The van der Waals surface area contributed by atoms with Crippen molar-refractivity contribution < 1.29 is 4.74 Å². The first-order chi connectivity index (χ1) is 15.9. The predicted octanol–water partition coefficient (Wildman–Crippen LogP) is 5.80. The lowest BCUT2D eigenvalue weighted by molar-refractivity contribution is 0.241. The molecule has 1 aliphatic heterocycles. The highest BCUT2D eigenvalue weighted by atomic mass is 16.5. The maximum absolute atomic E-state index is 6.03. The minimum absolute atomic E-state index is 0.239. The van der Waals surface area contributed by atoms with Crippen LogP contribution in [0.25, 0.3) is 10.8 Å². The number of ether oxygens (including phenoxy) is 1. The van der Waals surface area contributed by atoms with Crippen molar-refractivity contribution >= 4 is 10.8 Å². The van der Waals surface area contributed by atoms with Crippen molar-refractivity contribution in [2.45, 2.75) is 19.1 Å². The number of fused-ring (bicyclic) bond motifs is 1. The maximum atomic E-state index is 6.03. The maximum Gasteiger partial charge on any atom is 0.119 e. The van der Waals surface area contributed by atoms with Gasteiger partial charge in [-0.05, 0) is 58.6 Å². The van der Waals surface area contributed by atoms with Crippen LogP contribution in [0, 0.1) is 0 Å². The Hall–Kier alpha value is -3.14. The van der Waals surface area contributed by atoms with E-state index in [0.717, 1.165) is 31.9 Å². The van der Waals surface area contributed by atoms with Crippen molar-refractivity contribution in [3.05, 3.63) is 114 Å². The molecule has 0 amide bonds. The van der Waals surface area contributed by atoms with Crippen LogP contribution in [0.2, 0.25) is 0 Å². The van der Waals surface area contributed by atoms with Gasteiger partial charge in [0.15, 0.2) is 0 Å². The summed E-state index contributed by atoms with van der Waals surface area (Å²) in [6.45, 7) is 4.85. The molecule has 4 aromatic rings. The predicted molar refractivity (Wildman–Crippen MR) is 132 cm³/mol. The van der Waals surface area contributed by atoms with Crippen molar-refractivity contribution in [2.24, 2.45) is 0 Å². The van der Waals surface area contributed by atoms with E-state index in [9.17, 15) is 0 Å². The topological polar surface area (TPSA) is 24.5 Å². The minimum atomic E-state index is 0.239. The molecule has 1 unspecified atom stereocenters. The van der Waals surface area contributed by atoms with Gasteiger partial charge >= 0.3 is 0 Å². The van der Waals surface area contributed by atoms with E-state index in [4.69, 9.17) is 4.74 Å². The lowest BCUT2D eigenvalue weighted by Gasteiger charge is -2.31. The zero-order valence-electron chi connectivity index (χ0n) is 18.4. The SMILES string of the molecule is c1ccc(COc2ccc(C(c3ccc4ccccc4c3)N3CCCNCC3)cc2)cc1. The van der Waals surface area contributed by atoms with Gasteiger partial charge in [-0.2, -0.15) is 0 Å². The van der Waals surface area contributed by atoms with E-state index in [0.29, 0.717) is 6.61 Å². The summed E-state index contributed by atoms with van der Waals surface area (Å²) >= 11 is 0. The van der Waals surface area contributed by atoms with Gasteiger partial charge in [-0.3, -0.25) is 4.90 Å². The zero-order valence-corrected chi connectivity index (χ0v) is 18.4. The standard InChI is InChI=1S/C29H30N2O/c1-2-7-23(8-3-1)22-32-28-15-13-25(14-16-28)29(31-19-6-17-30-18-20-31)27-12-11-24-9-4-5-10-26(24)21-27/h1-5,7-16,21,29-30H,6,17-20,22H2. The van der Waals surface area contributed by atoms with Gasteiger partial charge in [0.05, 0.1) is 6.04 Å². The van der Waals surface area contributed by atoms with Crippen molar-refractivity contribution in [3.63, 3.8) is 0 Å². The summed E-state index contributed by atoms with van der Waals surface area (Å²) in [6.07, 6.45) is 1.17. The first-order valence-electron chi connectivity index (χ1n) is 11.6. The van der Waals surface area contributed by atoms with Gasteiger partial charge < -0.3 is 10.1 Å². The number of benzene rings is 4. The fourth-order valence-corrected chi connectivity index (χ4v) is 4.60. The first-order valence-corrected chi connectivity index (χ1v) is 11.6. The van der Waals surface area contributed by atoms with E-state index < -0.39 is 0 Å². The number of nitrogens with one attached hydrogen (secondary N) is 1. The lowest BCUT2D eigenvalue weighted by Crippen LogP contribution is -2.33. The third-order valence-corrected chi connectivity index (χ3v) is 6.27. The molecule has 0 saturated carbocycles. The third kappa shape index (κ3) is 4.85. The normalized spacial score (nSPS) is 15.9. The van der Waals surface area contributed by atoms with Gasteiger partial charge in [-0.1, -0.05) is 78.9 Å². The van der Waals surface area contributed by atoms with E-state index >= 15 is 0 Å². The average Bonchev–Trinajstić information content (AvgIpc) is 3.14. The van der Waals surface area contributed by atoms with Crippen LogP contribution in [-0.4, -0.2) is 31.1 Å². The zero-order chi connectivity index (χ0) is 21.6. The smallest absolute Gasteiger partial charge is 0.119 e. The van der Waals surface area contributed by atoms with Gasteiger partial charge in [-0.15, -0.1) is 0 Å². The summed E-state index contributed by atoms with van der Waals surface area (Å²) < 4.78 is 6.03. The molecule has 0 bridgehead atoms. The molecule has 162 valence electrons. The molecule has 0 spiro atoms. The van der Waals surface area contributed by atoms with E-state index in [1.807, 2.05) is 18.2 Å². The van der Waals surface area contributed by atoms with Crippen LogP contribution in [0.1, 0.15) is 29.2 Å². The molecule has 1 heterocycles. The molecule has 5 rings (SSSR count). The minimum Gasteiger partial charge on any atom is -0.489 e. The number of nitrogens with zero attached hydrogens (tertiary/aromatic N) is 1. The molecule has 0 radical (unpaired) electrons. The van der Waals surface area contributed by atoms with E-state index in [2.05, 4.69) is 89.1 Å². The highest BCUT2D eigenvalue weighted by molar-refractivity contribution is 5.83. The Morgan fingerprint density at radius 2 is 1.47 bits per heavy atom. The largest absolute Gasteiger partial charge is 0.489 e. The second-order valence-corrected chi connectivity index (χ2v) is 8.49. The lowest BCUT2D eigenvalue weighted by atomic mass is 9.94. The molecule has 1 atom stereocenters. The molecule has 3 nitrogen and oxygen atoms in total. The van der Waals surface area contributed by atoms with Crippen LogP contribution < -0.4 is 10.1 Å². The van der Waals surface area contributed by atoms with Gasteiger partial charge in [0.25, 0.3) is 0 Å². The van der Waals surface area contributed by atoms with Gasteiger partial charge in [0.1, 0.15) is 12.4 Å². The quantitative estimate of drug-likeness (QED) is 0.425. The van der Waals surface area contributed by atoms with Crippen LogP contribution in [0.3, 0.4) is 0 Å². The molecule has 4 aromatic carbocycles. The Kier molecular flexibility index (Phi) is 6.48. The summed E-state index contributed by atoms with van der Waals surface area (Å²) in [5.41, 5.74) is 3.85. The van der Waals surface area contributed by atoms with Gasteiger partial charge in [-0.25, -0.2) is 0 Å². The summed E-state index contributed by atoms with van der Waals surface area (Å²) in [6, 6.07) is 34.8. The number of rotatable bonds is 6. The van der Waals surface area contributed by atoms with Crippen LogP contribution >= 0.6 is 0 Å². The Labute approximate surface area is 190 Å². The average molecular weight is 423 g/mol. The molecule has 0 aromatic heterocycles. The summed E-state index contributed by atoms with van der Waals surface area (Å²) in [5, 5.41) is 6.13. The van der Waals surface area contributed by atoms with E-state index in [-0.39, 0.29) is 6.04 Å². The highest BCUT2D eigenvalue weighted by Crippen LogP contribution is 2.32. The van der Waals surface area contributed by atoms with Crippen molar-refractivity contribution in [3.8, 4) is 5.75 Å². The van der Waals surface area contributed by atoms with Crippen molar-refractivity contribution in [2.75, 3.05) is 26.2 Å². The molecular formula is C29H30N2O. The van der Waals surface area contributed by atoms with Gasteiger partial charge in [0, 0.05) is 19.6 Å². The molecule has 32 heavy (non-hydrogen) atoms. The Morgan fingerprint density at radius 3 is 2.31 bits per heavy atom. The summed E-state index contributed by atoms with van der Waals surface area (Å²) in [4.78, 5) is 2.62.